The zero-order valence-corrected chi connectivity index (χ0v) is 13.2. The summed E-state index contributed by atoms with van der Waals surface area (Å²) in [7, 11) is -1.76. The van der Waals surface area contributed by atoms with Crippen LogP contribution in [0.5, 0.6) is 0 Å². The van der Waals surface area contributed by atoms with E-state index in [9.17, 15) is 18.5 Å². The molecule has 7 nitrogen and oxygen atoms in total. The van der Waals surface area contributed by atoms with Crippen LogP contribution in [0.15, 0.2) is 29.2 Å². The topological polar surface area (TPSA) is 92.6 Å². The highest BCUT2D eigenvalue weighted by atomic mass is 35.5. The highest BCUT2D eigenvalue weighted by molar-refractivity contribution is 7.89. The number of hydrogen-bond donors (Lipinski definition) is 1. The number of hydrogen-bond acceptors (Lipinski definition) is 5. The molecule has 1 aliphatic heterocycles. The van der Waals surface area contributed by atoms with Crippen molar-refractivity contribution in [2.45, 2.75) is 23.8 Å². The number of rotatable bonds is 4. The largest absolute Gasteiger partial charge is 0.316 e. The monoisotopic (exact) mass is 335 g/mol. The van der Waals surface area contributed by atoms with Crippen LogP contribution in [-0.2, 0) is 10.0 Å². The third-order valence-corrected chi connectivity index (χ3v) is 5.36. The molecule has 1 aromatic carbocycles. The number of nitrogens with zero attached hydrogens (tertiary/aromatic N) is 2. The van der Waals surface area contributed by atoms with Gasteiger partial charge in [-0.25, -0.2) is 8.42 Å². The summed E-state index contributed by atoms with van der Waals surface area (Å²) < 4.78 is 26.3. The first-order chi connectivity index (χ1) is 9.45. The molecular formula is C12H18ClN3O4S. The Balaban J connectivity index is 0.00000220. The molecule has 0 radical (unpaired) electrons. The molecule has 0 spiro atoms. The first kappa shape index (κ1) is 17.8. The Kier molecular flexibility index (Phi) is 6.09. The number of sulfonamides is 1. The normalized spacial score (nSPS) is 19.8. The van der Waals surface area contributed by atoms with E-state index in [1.165, 1.54) is 28.6 Å². The van der Waals surface area contributed by atoms with Gasteiger partial charge in [-0.3, -0.25) is 10.1 Å². The van der Waals surface area contributed by atoms with Crippen molar-refractivity contribution in [3.05, 3.63) is 34.4 Å². The maximum atomic E-state index is 12.5. The summed E-state index contributed by atoms with van der Waals surface area (Å²) in [6.45, 7) is 0.910. The predicted molar refractivity (Wildman–Crippen MR) is 81.2 cm³/mol. The highest BCUT2D eigenvalue weighted by Gasteiger charge is 2.29. The zero-order valence-electron chi connectivity index (χ0n) is 11.6. The van der Waals surface area contributed by atoms with E-state index in [1.807, 2.05) is 7.05 Å². The van der Waals surface area contributed by atoms with E-state index in [-0.39, 0.29) is 29.0 Å². The van der Waals surface area contributed by atoms with Crippen LogP contribution in [0.25, 0.3) is 0 Å². The molecule has 1 unspecified atom stereocenters. The molecule has 2 rings (SSSR count). The van der Waals surface area contributed by atoms with E-state index in [4.69, 9.17) is 0 Å². The predicted octanol–water partition coefficient (Wildman–Crippen LogP) is 1.39. The number of non-ortho nitro benzene ring substituents is 1. The Morgan fingerprint density at radius 3 is 2.48 bits per heavy atom. The molecule has 1 N–H and O–H groups in total. The van der Waals surface area contributed by atoms with Crippen molar-refractivity contribution in [2.75, 3.05) is 20.1 Å². The maximum Gasteiger partial charge on any atom is 0.269 e. The number of likely N-dealkylation sites (N-methyl/N-ethyl adjacent to an activating group) is 1. The fraction of sp³-hybridized carbons (Fsp3) is 0.500. The van der Waals surface area contributed by atoms with E-state index in [1.54, 1.807) is 0 Å². The van der Waals surface area contributed by atoms with Crippen molar-refractivity contribution in [3.63, 3.8) is 0 Å². The van der Waals surface area contributed by atoms with Crippen LogP contribution in [0.4, 0.5) is 5.69 Å². The summed E-state index contributed by atoms with van der Waals surface area (Å²) in [4.78, 5) is 10.1. The van der Waals surface area contributed by atoms with Crippen LogP contribution in [0.2, 0.25) is 0 Å². The van der Waals surface area contributed by atoms with E-state index in [0.29, 0.717) is 13.1 Å². The van der Waals surface area contributed by atoms with Gasteiger partial charge in [-0.15, -0.1) is 12.4 Å². The molecule has 0 saturated carbocycles. The number of benzene rings is 1. The molecule has 1 atom stereocenters. The fourth-order valence-corrected chi connectivity index (χ4v) is 3.81. The third-order valence-electron chi connectivity index (χ3n) is 3.48. The molecule has 9 heteroatoms. The van der Waals surface area contributed by atoms with Crippen molar-refractivity contribution >= 4 is 28.1 Å². The average molecular weight is 336 g/mol. The Hall–Kier alpha value is -1.22. The summed E-state index contributed by atoms with van der Waals surface area (Å²) in [6, 6.07) is 5.16. The fourth-order valence-electron chi connectivity index (χ4n) is 2.29. The standard InChI is InChI=1S/C12H17N3O4S.ClH/c1-13-10-3-2-8-14(9-10)20(18,19)12-6-4-11(5-7-12)15(16)17;/h4-7,10,13H,2-3,8-9H2,1H3;1H. The number of nitro benzene ring substituents is 1. The molecule has 1 heterocycles. The van der Waals surface area contributed by atoms with Crippen molar-refractivity contribution < 1.29 is 13.3 Å². The van der Waals surface area contributed by atoms with Gasteiger partial charge < -0.3 is 5.32 Å². The Morgan fingerprint density at radius 2 is 1.95 bits per heavy atom. The molecule has 21 heavy (non-hydrogen) atoms. The van der Waals surface area contributed by atoms with Gasteiger partial charge in [-0.2, -0.15) is 4.31 Å². The summed E-state index contributed by atoms with van der Waals surface area (Å²) in [5.41, 5.74) is -0.115. The van der Waals surface area contributed by atoms with Gasteiger partial charge in [0.1, 0.15) is 0 Å². The lowest BCUT2D eigenvalue weighted by Crippen LogP contribution is -2.46. The second-order valence-electron chi connectivity index (χ2n) is 4.74. The molecule has 1 fully saturated rings. The summed E-state index contributed by atoms with van der Waals surface area (Å²) in [5.74, 6) is 0. The second-order valence-corrected chi connectivity index (χ2v) is 6.68. The van der Waals surface area contributed by atoms with Crippen LogP contribution in [0.1, 0.15) is 12.8 Å². The molecule has 0 aromatic heterocycles. The van der Waals surface area contributed by atoms with Crippen molar-refractivity contribution in [1.82, 2.24) is 9.62 Å². The minimum Gasteiger partial charge on any atom is -0.316 e. The first-order valence-electron chi connectivity index (χ1n) is 6.37. The molecule has 0 aliphatic carbocycles. The Labute approximate surface area is 129 Å². The van der Waals surface area contributed by atoms with Gasteiger partial charge in [-0.1, -0.05) is 0 Å². The van der Waals surface area contributed by atoms with Gasteiger partial charge in [0.25, 0.3) is 5.69 Å². The van der Waals surface area contributed by atoms with Crippen molar-refractivity contribution in [3.8, 4) is 0 Å². The second kappa shape index (κ2) is 7.17. The van der Waals surface area contributed by atoms with Crippen LogP contribution >= 0.6 is 12.4 Å². The number of nitro groups is 1. The van der Waals surface area contributed by atoms with Crippen molar-refractivity contribution in [1.29, 1.82) is 0 Å². The number of piperidine rings is 1. The maximum absolute atomic E-state index is 12.5. The van der Waals surface area contributed by atoms with Crippen LogP contribution < -0.4 is 5.32 Å². The lowest BCUT2D eigenvalue weighted by Gasteiger charge is -2.31. The molecule has 1 saturated heterocycles. The molecule has 1 aliphatic rings. The quantitative estimate of drug-likeness (QED) is 0.663. The van der Waals surface area contributed by atoms with E-state index >= 15 is 0 Å². The van der Waals surface area contributed by atoms with Crippen LogP contribution in [0, 0.1) is 10.1 Å². The minimum absolute atomic E-state index is 0. The van der Waals surface area contributed by atoms with Gasteiger partial charge in [-0.05, 0) is 32.0 Å². The molecule has 118 valence electrons. The van der Waals surface area contributed by atoms with Gasteiger partial charge in [0.15, 0.2) is 0 Å². The lowest BCUT2D eigenvalue weighted by atomic mass is 10.1. The van der Waals surface area contributed by atoms with Gasteiger partial charge in [0, 0.05) is 31.3 Å². The number of nitrogens with one attached hydrogen (secondary N) is 1. The first-order valence-corrected chi connectivity index (χ1v) is 7.81. The molecule has 1 aromatic rings. The van der Waals surface area contributed by atoms with E-state index in [2.05, 4.69) is 5.32 Å². The molecular weight excluding hydrogens is 318 g/mol. The van der Waals surface area contributed by atoms with Gasteiger partial charge in [0.2, 0.25) is 10.0 Å². The van der Waals surface area contributed by atoms with Gasteiger partial charge in [0.05, 0.1) is 9.82 Å². The Bertz CT molecular complexity index is 591. The summed E-state index contributed by atoms with van der Waals surface area (Å²) >= 11 is 0. The van der Waals surface area contributed by atoms with Crippen LogP contribution in [-0.4, -0.2) is 43.8 Å². The molecule has 0 amide bonds. The number of halogens is 1. The molecule has 0 bridgehead atoms. The Morgan fingerprint density at radius 1 is 1.33 bits per heavy atom. The highest BCUT2D eigenvalue weighted by Crippen LogP contribution is 2.22. The average Bonchev–Trinajstić information content (AvgIpc) is 2.47. The zero-order chi connectivity index (χ0) is 14.8. The van der Waals surface area contributed by atoms with E-state index < -0.39 is 14.9 Å². The summed E-state index contributed by atoms with van der Waals surface area (Å²) in [6.07, 6.45) is 1.75. The van der Waals surface area contributed by atoms with Crippen molar-refractivity contribution in [2.24, 2.45) is 0 Å². The van der Waals surface area contributed by atoms with E-state index in [0.717, 1.165) is 12.8 Å². The lowest BCUT2D eigenvalue weighted by molar-refractivity contribution is -0.384. The SMILES string of the molecule is CNC1CCCN(S(=O)(=O)c2ccc([N+](=O)[O-])cc2)C1.Cl. The van der Waals surface area contributed by atoms with Crippen LogP contribution in [0.3, 0.4) is 0 Å². The third kappa shape index (κ3) is 3.91. The summed E-state index contributed by atoms with van der Waals surface area (Å²) in [5, 5.41) is 13.7. The van der Waals surface area contributed by atoms with Gasteiger partial charge >= 0.3 is 0 Å². The smallest absolute Gasteiger partial charge is 0.269 e. The minimum atomic E-state index is -3.58.